The van der Waals surface area contributed by atoms with Crippen molar-refractivity contribution in [2.75, 3.05) is 12.4 Å². The van der Waals surface area contributed by atoms with Crippen molar-refractivity contribution in [3.05, 3.63) is 64.2 Å². The predicted molar refractivity (Wildman–Crippen MR) is 110 cm³/mol. The topological polar surface area (TPSA) is 82.0 Å². The number of aliphatic hydroxyl groups excluding tert-OH is 3. The van der Waals surface area contributed by atoms with Gasteiger partial charge in [0.2, 0.25) is 0 Å². The van der Waals surface area contributed by atoms with Crippen LogP contribution in [0.1, 0.15) is 53.7 Å². The van der Waals surface area contributed by atoms with E-state index in [2.05, 4.69) is 42.6 Å². The minimum atomic E-state index is -0.648. The van der Waals surface area contributed by atoms with Crippen molar-refractivity contribution < 1.29 is 20.1 Å². The molecule has 1 aliphatic rings. The van der Waals surface area contributed by atoms with Gasteiger partial charge in [0.1, 0.15) is 0 Å². The molecule has 1 saturated heterocycles. The van der Waals surface area contributed by atoms with E-state index >= 15 is 0 Å². The summed E-state index contributed by atoms with van der Waals surface area (Å²) in [5, 5.41) is 33.2. The summed E-state index contributed by atoms with van der Waals surface area (Å²) < 4.78 is 6.09. The van der Waals surface area contributed by atoms with Gasteiger partial charge in [0.15, 0.2) is 0 Å². The molecule has 4 N–H and O–H groups in total. The van der Waals surface area contributed by atoms with Gasteiger partial charge in [-0.3, -0.25) is 0 Å². The summed E-state index contributed by atoms with van der Waals surface area (Å²) >= 11 is 0. The van der Waals surface area contributed by atoms with Crippen LogP contribution in [0.3, 0.4) is 0 Å². The summed E-state index contributed by atoms with van der Waals surface area (Å²) in [6.07, 6.45) is -0.233. The number of ether oxygens (including phenoxy) is 1. The Morgan fingerprint density at radius 1 is 1.14 bits per heavy atom. The Kier molecular flexibility index (Phi) is 6.73. The van der Waals surface area contributed by atoms with E-state index in [0.29, 0.717) is 12.8 Å². The molecular formula is C23H31NO4. The molecule has 1 heterocycles. The molecule has 0 spiro atoms. The van der Waals surface area contributed by atoms with Crippen LogP contribution < -0.4 is 5.32 Å². The van der Waals surface area contributed by atoms with Crippen molar-refractivity contribution in [1.29, 1.82) is 0 Å². The highest BCUT2D eigenvalue weighted by atomic mass is 16.5. The quantitative estimate of drug-likeness (QED) is 0.614. The number of hydrogen-bond acceptors (Lipinski definition) is 5. The Bertz CT molecular complexity index is 788. The average Bonchev–Trinajstić information content (AvgIpc) is 2.69. The smallest absolute Gasteiger partial charge is 0.0864 e. The van der Waals surface area contributed by atoms with Crippen molar-refractivity contribution in [3.8, 4) is 0 Å². The highest BCUT2D eigenvalue weighted by Crippen LogP contribution is 2.36. The van der Waals surface area contributed by atoms with Crippen molar-refractivity contribution >= 4 is 5.69 Å². The van der Waals surface area contributed by atoms with E-state index in [0.717, 1.165) is 28.8 Å². The number of nitrogens with one attached hydrogen (secondary N) is 1. The summed E-state index contributed by atoms with van der Waals surface area (Å²) in [6.45, 7) is 3.65. The fourth-order valence-corrected chi connectivity index (χ4v) is 3.91. The monoisotopic (exact) mass is 385 g/mol. The molecule has 1 fully saturated rings. The highest BCUT2D eigenvalue weighted by molar-refractivity contribution is 5.46. The first kappa shape index (κ1) is 20.8. The Balaban J connectivity index is 1.90. The van der Waals surface area contributed by atoms with Gasteiger partial charge in [-0.2, -0.15) is 0 Å². The molecule has 5 heteroatoms. The molecule has 0 aromatic heterocycles. The maximum absolute atomic E-state index is 10.3. The van der Waals surface area contributed by atoms with Crippen LogP contribution >= 0.6 is 0 Å². The number of hydrogen-bond donors (Lipinski definition) is 4. The van der Waals surface area contributed by atoms with Gasteiger partial charge in [-0.1, -0.05) is 24.3 Å². The van der Waals surface area contributed by atoms with Gasteiger partial charge in [0.05, 0.1) is 31.0 Å². The van der Waals surface area contributed by atoms with E-state index in [1.54, 1.807) is 6.92 Å². The van der Waals surface area contributed by atoms with Gasteiger partial charge in [-0.05, 0) is 60.2 Å². The second kappa shape index (κ2) is 9.05. The molecule has 0 radical (unpaired) electrons. The first-order valence-corrected chi connectivity index (χ1v) is 9.92. The molecule has 0 amide bonds. The summed E-state index contributed by atoms with van der Waals surface area (Å²) in [6, 6.07) is 12.4. The predicted octanol–water partition coefficient (Wildman–Crippen LogP) is 3.08. The van der Waals surface area contributed by atoms with Gasteiger partial charge in [0, 0.05) is 25.6 Å². The Morgan fingerprint density at radius 2 is 1.86 bits per heavy atom. The number of rotatable bonds is 6. The lowest BCUT2D eigenvalue weighted by Crippen LogP contribution is -2.38. The summed E-state index contributed by atoms with van der Waals surface area (Å²) in [5.74, 6) is 0. The van der Waals surface area contributed by atoms with Crippen LogP contribution in [0.2, 0.25) is 0 Å². The molecule has 4 atom stereocenters. The third-order valence-corrected chi connectivity index (χ3v) is 5.62. The molecular weight excluding hydrogens is 354 g/mol. The van der Waals surface area contributed by atoms with Crippen molar-refractivity contribution in [1.82, 2.24) is 0 Å². The van der Waals surface area contributed by atoms with Crippen LogP contribution in [0.4, 0.5) is 5.69 Å². The maximum Gasteiger partial charge on any atom is 0.0864 e. The second-order valence-corrected chi connectivity index (χ2v) is 7.79. The van der Waals surface area contributed by atoms with E-state index in [4.69, 9.17) is 4.74 Å². The van der Waals surface area contributed by atoms with Crippen LogP contribution in [0, 0.1) is 6.92 Å². The number of aryl methyl sites for hydroxylation is 1. The van der Waals surface area contributed by atoms with Gasteiger partial charge >= 0.3 is 0 Å². The van der Waals surface area contributed by atoms with E-state index in [9.17, 15) is 15.3 Å². The molecule has 3 unspecified atom stereocenters. The molecule has 3 rings (SSSR count). The zero-order chi connectivity index (χ0) is 20.3. The van der Waals surface area contributed by atoms with E-state index < -0.39 is 18.3 Å². The minimum Gasteiger partial charge on any atom is -0.393 e. The zero-order valence-electron chi connectivity index (χ0n) is 16.9. The average molecular weight is 386 g/mol. The first-order valence-electron chi connectivity index (χ1n) is 9.92. The van der Waals surface area contributed by atoms with Crippen LogP contribution in [-0.2, 0) is 17.8 Å². The van der Waals surface area contributed by atoms with Crippen LogP contribution in [-0.4, -0.2) is 40.7 Å². The molecule has 2 aromatic carbocycles. The highest BCUT2D eigenvalue weighted by Gasteiger charge is 2.33. The summed E-state index contributed by atoms with van der Waals surface area (Å²) in [4.78, 5) is 0. The summed E-state index contributed by atoms with van der Waals surface area (Å²) in [7, 11) is 1.90. The first-order chi connectivity index (χ1) is 13.4. The SMILES string of the molecule is CNc1ccc(Cc2cc(C3CC(O)C[C@@H](C(C)O)O3)c(CO)cc2C)cc1. The Hall–Kier alpha value is -1.92. The van der Waals surface area contributed by atoms with Crippen molar-refractivity contribution in [2.24, 2.45) is 0 Å². The lowest BCUT2D eigenvalue weighted by molar-refractivity contribution is -0.136. The van der Waals surface area contributed by atoms with Gasteiger partial charge in [-0.25, -0.2) is 0 Å². The van der Waals surface area contributed by atoms with Crippen LogP contribution in [0.25, 0.3) is 0 Å². The molecule has 152 valence electrons. The van der Waals surface area contributed by atoms with E-state index in [1.165, 1.54) is 11.1 Å². The summed E-state index contributed by atoms with van der Waals surface area (Å²) in [5.41, 5.74) is 6.28. The Morgan fingerprint density at radius 3 is 2.46 bits per heavy atom. The standard InChI is InChI=1S/C23H31NO4/c1-14-8-18(13-25)21(23-12-20(27)11-22(28-23)15(2)26)10-17(14)9-16-4-6-19(24-3)7-5-16/h4-8,10,15,20,22-27H,9,11-13H2,1-3H3/t15?,20?,22-,23?/m0/s1. The zero-order valence-corrected chi connectivity index (χ0v) is 16.9. The second-order valence-electron chi connectivity index (χ2n) is 7.79. The van der Waals surface area contributed by atoms with Gasteiger partial charge in [-0.15, -0.1) is 0 Å². The molecule has 0 aliphatic carbocycles. The molecule has 5 nitrogen and oxygen atoms in total. The molecule has 1 aliphatic heterocycles. The van der Waals surface area contributed by atoms with Crippen LogP contribution in [0.15, 0.2) is 36.4 Å². The Labute approximate surface area is 167 Å². The van der Waals surface area contributed by atoms with E-state index in [1.807, 2.05) is 13.1 Å². The molecule has 0 bridgehead atoms. The molecule has 2 aromatic rings. The fourth-order valence-electron chi connectivity index (χ4n) is 3.91. The number of aliphatic hydroxyl groups is 3. The third-order valence-electron chi connectivity index (χ3n) is 5.62. The number of benzene rings is 2. The lowest BCUT2D eigenvalue weighted by Gasteiger charge is -2.36. The van der Waals surface area contributed by atoms with Gasteiger partial charge < -0.3 is 25.4 Å². The van der Waals surface area contributed by atoms with Gasteiger partial charge in [0.25, 0.3) is 0 Å². The molecule has 0 saturated carbocycles. The fraction of sp³-hybridized carbons (Fsp3) is 0.478. The normalized spacial score (nSPS) is 23.4. The number of anilines is 1. The van der Waals surface area contributed by atoms with Crippen molar-refractivity contribution in [2.45, 2.75) is 64.1 Å². The third kappa shape index (κ3) is 4.73. The van der Waals surface area contributed by atoms with Crippen molar-refractivity contribution in [3.63, 3.8) is 0 Å². The van der Waals surface area contributed by atoms with Crippen LogP contribution in [0.5, 0.6) is 0 Å². The van der Waals surface area contributed by atoms with E-state index in [-0.39, 0.29) is 12.7 Å². The maximum atomic E-state index is 10.3. The largest absolute Gasteiger partial charge is 0.393 e. The lowest BCUT2D eigenvalue weighted by atomic mass is 9.88. The molecule has 28 heavy (non-hydrogen) atoms. The minimum absolute atomic E-state index is 0.0807.